The van der Waals surface area contributed by atoms with Crippen LogP contribution in [0.1, 0.15) is 27.7 Å². The molecule has 0 unspecified atom stereocenters. The molecule has 96 valence electrons. The molecule has 4 nitrogen and oxygen atoms in total. The lowest BCUT2D eigenvalue weighted by Gasteiger charge is -2.05. The monoisotopic (exact) mass is 257 g/mol. The van der Waals surface area contributed by atoms with E-state index in [1.54, 1.807) is 18.2 Å². The van der Waals surface area contributed by atoms with Gasteiger partial charge in [-0.25, -0.2) is 8.42 Å². The molecule has 1 amide bonds. The van der Waals surface area contributed by atoms with Crippen molar-refractivity contribution in [2.24, 2.45) is 0 Å². The first-order valence-corrected chi connectivity index (χ1v) is 7.15. The van der Waals surface area contributed by atoms with Crippen LogP contribution in [0.4, 0.5) is 10.5 Å². The molecule has 0 N–H and O–H groups in total. The van der Waals surface area contributed by atoms with Gasteiger partial charge in [-0.3, -0.25) is 4.79 Å². The molecule has 17 heavy (non-hydrogen) atoms. The van der Waals surface area contributed by atoms with Gasteiger partial charge >= 0.3 is 5.24 Å². The second-order valence-electron chi connectivity index (χ2n) is 2.80. The highest BCUT2D eigenvalue weighted by molar-refractivity contribution is 8.07. The summed E-state index contributed by atoms with van der Waals surface area (Å²) in [5, 5.41) is -0.853. The van der Waals surface area contributed by atoms with Crippen molar-refractivity contribution in [2.75, 3.05) is 11.9 Å². The van der Waals surface area contributed by atoms with Crippen LogP contribution in [0.3, 0.4) is 0 Å². The van der Waals surface area contributed by atoms with Crippen molar-refractivity contribution in [3.8, 4) is 0 Å². The zero-order valence-electron chi connectivity index (χ0n) is 10.9. The maximum Gasteiger partial charge on any atom is 0.348 e. The molecule has 0 atom stereocenters. The van der Waals surface area contributed by atoms with Crippen molar-refractivity contribution in [3.05, 3.63) is 24.3 Å². The quantitative estimate of drug-likeness (QED) is 0.717. The average Bonchev–Trinajstić information content (AvgIpc) is 2.57. The van der Waals surface area contributed by atoms with Gasteiger partial charge in [-0.05, 0) is 12.1 Å². The number of anilines is 1. The van der Waals surface area contributed by atoms with Gasteiger partial charge in [0.05, 0.1) is 5.69 Å². The number of sulfone groups is 1. The van der Waals surface area contributed by atoms with Crippen molar-refractivity contribution in [2.45, 2.75) is 32.6 Å². The highest BCUT2D eigenvalue weighted by Crippen LogP contribution is 2.33. The van der Waals surface area contributed by atoms with Gasteiger partial charge in [-0.1, -0.05) is 39.8 Å². The van der Waals surface area contributed by atoms with Gasteiger partial charge in [0.15, 0.2) is 0 Å². The van der Waals surface area contributed by atoms with Crippen molar-refractivity contribution in [1.82, 2.24) is 0 Å². The highest BCUT2D eigenvalue weighted by atomic mass is 32.2. The van der Waals surface area contributed by atoms with Crippen molar-refractivity contribution in [3.63, 3.8) is 0 Å². The second kappa shape index (κ2) is 6.39. The summed E-state index contributed by atoms with van der Waals surface area (Å²) < 4.78 is 22.8. The molecule has 0 saturated heterocycles. The minimum atomic E-state index is -3.75. The Bertz CT molecular complexity index is 480. The van der Waals surface area contributed by atoms with Gasteiger partial charge in [0.1, 0.15) is 4.90 Å². The molecule has 0 aromatic heterocycles. The molecule has 2 rings (SSSR count). The summed E-state index contributed by atoms with van der Waals surface area (Å²) in [5.74, 6) is 0. The molecule has 5 heteroatoms. The maximum absolute atomic E-state index is 11.4. The van der Waals surface area contributed by atoms with E-state index < -0.39 is 15.1 Å². The van der Waals surface area contributed by atoms with E-state index in [0.29, 0.717) is 5.69 Å². The van der Waals surface area contributed by atoms with Gasteiger partial charge in [-0.2, -0.15) is 0 Å². The Balaban J connectivity index is 0.000000581. The number of para-hydroxylation sites is 1. The summed E-state index contributed by atoms with van der Waals surface area (Å²) in [7, 11) is -2.30. The predicted molar refractivity (Wildman–Crippen MR) is 70.1 cm³/mol. The molecule has 1 aliphatic heterocycles. The van der Waals surface area contributed by atoms with E-state index in [0.717, 1.165) is 4.90 Å². The lowest BCUT2D eigenvalue weighted by atomic mass is 10.3. The highest BCUT2D eigenvalue weighted by Gasteiger charge is 2.39. The van der Waals surface area contributed by atoms with Gasteiger partial charge in [0.2, 0.25) is 0 Å². The molecule has 1 aliphatic rings. The third-order valence-corrected chi connectivity index (χ3v) is 3.68. The average molecular weight is 257 g/mol. The predicted octanol–water partition coefficient (Wildman–Crippen LogP) is 3.08. The Morgan fingerprint density at radius 3 is 1.94 bits per heavy atom. The molecule has 1 aromatic carbocycles. The molecule has 1 heterocycles. The summed E-state index contributed by atoms with van der Waals surface area (Å²) in [4.78, 5) is 12.5. The van der Waals surface area contributed by atoms with Crippen molar-refractivity contribution < 1.29 is 13.2 Å². The number of fused-ring (bicyclic) bond motifs is 1. The molecule has 0 spiro atoms. The number of amides is 1. The van der Waals surface area contributed by atoms with Crippen LogP contribution in [0.5, 0.6) is 0 Å². The summed E-state index contributed by atoms with van der Waals surface area (Å²) in [5.41, 5.74) is 0.451. The van der Waals surface area contributed by atoms with Gasteiger partial charge in [0.25, 0.3) is 9.84 Å². The number of benzene rings is 1. The summed E-state index contributed by atoms with van der Waals surface area (Å²) in [6, 6.07) is 6.34. The lowest BCUT2D eigenvalue weighted by molar-refractivity contribution is 0.264. The molecule has 0 bridgehead atoms. The molecular weight excluding hydrogens is 238 g/mol. The zero-order chi connectivity index (χ0) is 13.6. The van der Waals surface area contributed by atoms with Crippen LogP contribution in [0.2, 0.25) is 0 Å². The molecule has 1 aromatic rings. The molecule has 0 saturated carbocycles. The molecule has 0 fully saturated rings. The van der Waals surface area contributed by atoms with Crippen molar-refractivity contribution >= 4 is 20.8 Å². The number of carbonyl (C=O) groups is 1. The fourth-order valence-corrected chi connectivity index (χ4v) is 2.72. The normalized spacial score (nSPS) is 15.1. The first-order valence-electron chi connectivity index (χ1n) is 5.67. The smallest absolute Gasteiger partial charge is 0.301 e. The van der Waals surface area contributed by atoms with Crippen LogP contribution >= 0.6 is 0 Å². The van der Waals surface area contributed by atoms with Crippen LogP contribution in [0.25, 0.3) is 0 Å². The van der Waals surface area contributed by atoms with E-state index in [9.17, 15) is 13.2 Å². The first-order chi connectivity index (χ1) is 8.05. The maximum atomic E-state index is 11.4. The number of nitrogens with zero attached hydrogens (tertiary/aromatic N) is 1. The lowest BCUT2D eigenvalue weighted by Crippen LogP contribution is -2.23. The van der Waals surface area contributed by atoms with E-state index in [4.69, 9.17) is 0 Å². The zero-order valence-corrected chi connectivity index (χ0v) is 11.7. The standard InChI is InChI=1S/C8H7NO3S.2C2H6/c1-9-6-4-2-3-5-7(6)13(11,12)8(9)10;2*1-2/h2-5H,1H3;2*1-2H3. The van der Waals surface area contributed by atoms with Gasteiger partial charge in [0, 0.05) is 7.05 Å². The van der Waals surface area contributed by atoms with E-state index in [2.05, 4.69) is 0 Å². The SMILES string of the molecule is CC.CC.CN1C(=O)S(=O)(=O)c2ccccc21. The Morgan fingerprint density at radius 1 is 1.00 bits per heavy atom. The fourth-order valence-electron chi connectivity index (χ4n) is 1.33. The van der Waals surface area contributed by atoms with Gasteiger partial charge < -0.3 is 4.90 Å². The van der Waals surface area contributed by atoms with Crippen LogP contribution in [-0.2, 0) is 9.84 Å². The van der Waals surface area contributed by atoms with Crippen LogP contribution in [-0.4, -0.2) is 20.7 Å². The Labute approximate surface area is 103 Å². The topological polar surface area (TPSA) is 54.5 Å². The third-order valence-electron chi connectivity index (χ3n) is 2.02. The second-order valence-corrected chi connectivity index (χ2v) is 4.59. The summed E-state index contributed by atoms with van der Waals surface area (Å²) >= 11 is 0. The van der Waals surface area contributed by atoms with E-state index >= 15 is 0 Å². The summed E-state index contributed by atoms with van der Waals surface area (Å²) in [6.07, 6.45) is 0. The Kier molecular flexibility index (Phi) is 5.88. The van der Waals surface area contributed by atoms with Crippen molar-refractivity contribution in [1.29, 1.82) is 0 Å². The largest absolute Gasteiger partial charge is 0.348 e. The number of carbonyl (C=O) groups excluding carboxylic acids is 1. The van der Waals surface area contributed by atoms with Crippen LogP contribution < -0.4 is 4.90 Å². The summed E-state index contributed by atoms with van der Waals surface area (Å²) in [6.45, 7) is 8.00. The van der Waals surface area contributed by atoms with E-state index in [-0.39, 0.29) is 4.90 Å². The van der Waals surface area contributed by atoms with E-state index in [1.807, 2.05) is 27.7 Å². The first kappa shape index (κ1) is 15.6. The molecule has 0 aliphatic carbocycles. The minimum absolute atomic E-state index is 0.0995. The van der Waals surface area contributed by atoms with Crippen LogP contribution in [0.15, 0.2) is 29.2 Å². The fraction of sp³-hybridized carbons (Fsp3) is 0.417. The van der Waals surface area contributed by atoms with E-state index in [1.165, 1.54) is 13.1 Å². The third kappa shape index (κ3) is 2.66. The molecular formula is C12H19NO3S. The minimum Gasteiger partial charge on any atom is -0.301 e. The molecule has 0 radical (unpaired) electrons. The number of hydrogen-bond acceptors (Lipinski definition) is 3. The number of hydrogen-bond donors (Lipinski definition) is 0. The number of rotatable bonds is 0. The Morgan fingerprint density at radius 2 is 1.47 bits per heavy atom. The van der Waals surface area contributed by atoms with Crippen LogP contribution in [0, 0.1) is 0 Å². The van der Waals surface area contributed by atoms with Gasteiger partial charge in [-0.15, -0.1) is 0 Å². The Hall–Kier alpha value is -1.36.